The van der Waals surface area contributed by atoms with Crippen molar-refractivity contribution in [2.75, 3.05) is 6.61 Å². The molecule has 68 valence electrons. The Morgan fingerprint density at radius 3 is 3.00 bits per heavy atom. The molecule has 3 nitrogen and oxygen atoms in total. The summed E-state index contributed by atoms with van der Waals surface area (Å²) in [5.41, 5.74) is 1.99. The molecule has 0 saturated carbocycles. The lowest BCUT2D eigenvalue weighted by Crippen LogP contribution is -1.93. The zero-order valence-electron chi connectivity index (χ0n) is 7.82. The molecule has 0 fully saturated rings. The van der Waals surface area contributed by atoms with Gasteiger partial charge in [-0.05, 0) is 26.0 Å². The zero-order chi connectivity index (χ0) is 9.26. The SMILES string of the molecule is CCOc1nc2ccccn2c1C. The van der Waals surface area contributed by atoms with E-state index in [2.05, 4.69) is 4.98 Å². The maximum Gasteiger partial charge on any atom is 0.235 e. The predicted octanol–water partition coefficient (Wildman–Crippen LogP) is 2.04. The van der Waals surface area contributed by atoms with E-state index < -0.39 is 0 Å². The quantitative estimate of drug-likeness (QED) is 0.700. The first-order valence-electron chi connectivity index (χ1n) is 4.39. The number of nitrogens with zero attached hydrogens (tertiary/aromatic N) is 2. The molecule has 2 heterocycles. The first-order valence-corrected chi connectivity index (χ1v) is 4.39. The van der Waals surface area contributed by atoms with Crippen LogP contribution in [0, 0.1) is 6.92 Å². The van der Waals surface area contributed by atoms with Gasteiger partial charge in [-0.15, -0.1) is 0 Å². The third kappa shape index (κ3) is 1.26. The van der Waals surface area contributed by atoms with Crippen LogP contribution in [0.15, 0.2) is 24.4 Å². The second kappa shape index (κ2) is 3.09. The molecule has 0 saturated heterocycles. The number of aromatic nitrogens is 2. The van der Waals surface area contributed by atoms with Gasteiger partial charge in [0.15, 0.2) is 0 Å². The van der Waals surface area contributed by atoms with E-state index in [0.717, 1.165) is 17.2 Å². The second-order valence-electron chi connectivity index (χ2n) is 2.86. The number of rotatable bonds is 2. The Labute approximate surface area is 77.0 Å². The van der Waals surface area contributed by atoms with Crippen molar-refractivity contribution < 1.29 is 4.74 Å². The van der Waals surface area contributed by atoms with Crippen LogP contribution in [0.3, 0.4) is 0 Å². The van der Waals surface area contributed by atoms with Crippen LogP contribution in [0.25, 0.3) is 5.65 Å². The highest BCUT2D eigenvalue weighted by Gasteiger charge is 2.06. The fraction of sp³-hybridized carbons (Fsp3) is 0.300. The average molecular weight is 176 g/mol. The van der Waals surface area contributed by atoms with Crippen molar-refractivity contribution >= 4 is 5.65 Å². The molecule has 0 unspecified atom stereocenters. The summed E-state index contributed by atoms with van der Waals surface area (Å²) in [5, 5.41) is 0. The highest BCUT2D eigenvalue weighted by Crippen LogP contribution is 2.17. The van der Waals surface area contributed by atoms with E-state index in [1.165, 1.54) is 0 Å². The molecule has 0 atom stereocenters. The van der Waals surface area contributed by atoms with Crippen molar-refractivity contribution in [3.8, 4) is 5.88 Å². The lowest BCUT2D eigenvalue weighted by Gasteiger charge is -1.98. The van der Waals surface area contributed by atoms with Gasteiger partial charge in [0, 0.05) is 6.20 Å². The number of aryl methyl sites for hydroxylation is 1. The zero-order valence-corrected chi connectivity index (χ0v) is 7.82. The summed E-state index contributed by atoms with van der Waals surface area (Å²) in [6, 6.07) is 5.92. The van der Waals surface area contributed by atoms with Crippen molar-refractivity contribution in [3.63, 3.8) is 0 Å². The molecule has 0 aliphatic carbocycles. The summed E-state index contributed by atoms with van der Waals surface area (Å²) in [5.74, 6) is 0.730. The molecule has 2 aromatic heterocycles. The smallest absolute Gasteiger partial charge is 0.235 e. The van der Waals surface area contributed by atoms with Gasteiger partial charge in [0.2, 0.25) is 5.88 Å². The van der Waals surface area contributed by atoms with Gasteiger partial charge in [0.25, 0.3) is 0 Å². The van der Waals surface area contributed by atoms with Crippen LogP contribution in [0.5, 0.6) is 5.88 Å². The number of imidazole rings is 1. The standard InChI is InChI=1S/C10H12N2O/c1-3-13-10-8(2)12-7-5-4-6-9(12)11-10/h4-7H,3H2,1-2H3. The molecule has 0 radical (unpaired) electrons. The summed E-state index contributed by atoms with van der Waals surface area (Å²) in [6.45, 7) is 4.62. The van der Waals surface area contributed by atoms with Crippen LogP contribution in [-0.4, -0.2) is 16.0 Å². The van der Waals surface area contributed by atoms with E-state index in [0.29, 0.717) is 6.61 Å². The van der Waals surface area contributed by atoms with E-state index in [4.69, 9.17) is 4.74 Å². The van der Waals surface area contributed by atoms with Crippen LogP contribution >= 0.6 is 0 Å². The van der Waals surface area contributed by atoms with Crippen LogP contribution in [0.1, 0.15) is 12.6 Å². The normalized spacial score (nSPS) is 10.6. The van der Waals surface area contributed by atoms with Crippen LogP contribution in [-0.2, 0) is 0 Å². The molecule has 3 heteroatoms. The minimum Gasteiger partial charge on any atom is -0.477 e. The molecule has 0 spiro atoms. The van der Waals surface area contributed by atoms with E-state index in [1.807, 2.05) is 42.6 Å². The molecule has 13 heavy (non-hydrogen) atoms. The van der Waals surface area contributed by atoms with Gasteiger partial charge in [-0.1, -0.05) is 6.07 Å². The van der Waals surface area contributed by atoms with Crippen molar-refractivity contribution in [2.24, 2.45) is 0 Å². The lowest BCUT2D eigenvalue weighted by molar-refractivity contribution is 0.326. The third-order valence-electron chi connectivity index (χ3n) is 2.01. The number of fused-ring (bicyclic) bond motifs is 1. The molecule has 0 aliphatic heterocycles. The Morgan fingerprint density at radius 1 is 1.46 bits per heavy atom. The molecule has 0 aliphatic rings. The molecule has 0 amide bonds. The summed E-state index contributed by atoms with van der Waals surface area (Å²) < 4.78 is 7.41. The Kier molecular flexibility index (Phi) is 1.93. The van der Waals surface area contributed by atoms with Crippen molar-refractivity contribution in [3.05, 3.63) is 30.1 Å². The van der Waals surface area contributed by atoms with Gasteiger partial charge in [0.1, 0.15) is 5.65 Å². The predicted molar refractivity (Wildman–Crippen MR) is 51.1 cm³/mol. The summed E-state index contributed by atoms with van der Waals surface area (Å²) in [7, 11) is 0. The number of ether oxygens (including phenoxy) is 1. The van der Waals surface area contributed by atoms with Crippen LogP contribution < -0.4 is 4.74 Å². The van der Waals surface area contributed by atoms with E-state index in [9.17, 15) is 0 Å². The van der Waals surface area contributed by atoms with E-state index >= 15 is 0 Å². The fourth-order valence-corrected chi connectivity index (χ4v) is 1.37. The largest absolute Gasteiger partial charge is 0.477 e. The number of hydrogen-bond donors (Lipinski definition) is 0. The minimum absolute atomic E-state index is 0.657. The number of pyridine rings is 1. The first-order chi connectivity index (χ1) is 6.33. The summed E-state index contributed by atoms with van der Waals surface area (Å²) >= 11 is 0. The van der Waals surface area contributed by atoms with Gasteiger partial charge in [-0.2, -0.15) is 4.98 Å². The van der Waals surface area contributed by atoms with Gasteiger partial charge < -0.3 is 9.14 Å². The van der Waals surface area contributed by atoms with Crippen LogP contribution in [0.2, 0.25) is 0 Å². The Hall–Kier alpha value is -1.51. The van der Waals surface area contributed by atoms with Crippen molar-refractivity contribution in [1.82, 2.24) is 9.38 Å². The molecule has 2 aromatic rings. The minimum atomic E-state index is 0.657. The van der Waals surface area contributed by atoms with Crippen molar-refractivity contribution in [1.29, 1.82) is 0 Å². The van der Waals surface area contributed by atoms with Gasteiger partial charge >= 0.3 is 0 Å². The molecule has 0 N–H and O–H groups in total. The molecule has 2 rings (SSSR count). The van der Waals surface area contributed by atoms with E-state index in [1.54, 1.807) is 0 Å². The van der Waals surface area contributed by atoms with Gasteiger partial charge in [-0.25, -0.2) is 0 Å². The Balaban J connectivity index is 2.60. The third-order valence-corrected chi connectivity index (χ3v) is 2.01. The Bertz CT molecular complexity index is 420. The highest BCUT2D eigenvalue weighted by molar-refractivity contribution is 5.44. The highest BCUT2D eigenvalue weighted by atomic mass is 16.5. The molecule has 0 bridgehead atoms. The Morgan fingerprint density at radius 2 is 2.31 bits per heavy atom. The molecular weight excluding hydrogens is 164 g/mol. The van der Waals surface area contributed by atoms with Gasteiger partial charge in [0.05, 0.1) is 12.3 Å². The van der Waals surface area contributed by atoms with Crippen LogP contribution in [0.4, 0.5) is 0 Å². The van der Waals surface area contributed by atoms with E-state index in [-0.39, 0.29) is 0 Å². The summed E-state index contributed by atoms with van der Waals surface area (Å²) in [4.78, 5) is 4.34. The van der Waals surface area contributed by atoms with Crippen molar-refractivity contribution in [2.45, 2.75) is 13.8 Å². The first kappa shape index (κ1) is 8.10. The maximum absolute atomic E-state index is 5.39. The molecular formula is C10H12N2O. The second-order valence-corrected chi connectivity index (χ2v) is 2.86. The maximum atomic E-state index is 5.39. The average Bonchev–Trinajstić information content (AvgIpc) is 2.46. The number of hydrogen-bond acceptors (Lipinski definition) is 2. The lowest BCUT2D eigenvalue weighted by atomic mass is 10.4. The fourth-order valence-electron chi connectivity index (χ4n) is 1.37. The topological polar surface area (TPSA) is 26.5 Å². The monoisotopic (exact) mass is 176 g/mol. The molecule has 0 aromatic carbocycles. The summed E-state index contributed by atoms with van der Waals surface area (Å²) in [6.07, 6.45) is 1.99. The van der Waals surface area contributed by atoms with Gasteiger partial charge in [-0.3, -0.25) is 0 Å².